The van der Waals surface area contributed by atoms with Crippen LogP contribution in [0.15, 0.2) is 30.9 Å². The number of aliphatic hydroxyl groups is 1. The number of carbonyl (C=O) groups excluding carboxylic acids is 1. The van der Waals surface area contributed by atoms with E-state index in [9.17, 15) is 9.90 Å². The van der Waals surface area contributed by atoms with Gasteiger partial charge in [-0.25, -0.2) is 4.79 Å². The smallest absolute Gasteiger partial charge is 0.319 e. The van der Waals surface area contributed by atoms with Crippen molar-refractivity contribution in [3.63, 3.8) is 0 Å². The lowest BCUT2D eigenvalue weighted by Crippen LogP contribution is -2.45. The molecule has 0 saturated heterocycles. The van der Waals surface area contributed by atoms with Crippen LogP contribution in [-0.2, 0) is 6.42 Å². The van der Waals surface area contributed by atoms with Crippen molar-refractivity contribution in [2.45, 2.75) is 51.0 Å². The van der Waals surface area contributed by atoms with E-state index in [0.717, 1.165) is 55.5 Å². The Labute approximate surface area is 147 Å². The Hall–Kier alpha value is -2.41. The van der Waals surface area contributed by atoms with Gasteiger partial charge in [-0.15, -0.1) is 10.2 Å². The summed E-state index contributed by atoms with van der Waals surface area (Å²) in [4.78, 5) is 12.3. The molecular weight excluding hydrogens is 318 g/mol. The molecule has 0 unspecified atom stereocenters. The Kier molecular flexibility index (Phi) is 5.33. The van der Waals surface area contributed by atoms with Crippen LogP contribution in [0.4, 0.5) is 10.5 Å². The highest BCUT2D eigenvalue weighted by molar-refractivity contribution is 5.90. The molecule has 7 heteroatoms. The summed E-state index contributed by atoms with van der Waals surface area (Å²) in [7, 11) is 0. The van der Waals surface area contributed by atoms with Crippen LogP contribution in [0.1, 0.15) is 44.6 Å². The number of aromatic nitrogens is 3. The number of benzene rings is 1. The van der Waals surface area contributed by atoms with Gasteiger partial charge in [0.2, 0.25) is 0 Å². The lowest BCUT2D eigenvalue weighted by atomic mass is 9.85. The molecule has 134 valence electrons. The van der Waals surface area contributed by atoms with Gasteiger partial charge in [-0.3, -0.25) is 4.57 Å². The minimum Gasteiger partial charge on any atom is -0.388 e. The largest absolute Gasteiger partial charge is 0.388 e. The van der Waals surface area contributed by atoms with Crippen molar-refractivity contribution in [1.82, 2.24) is 20.1 Å². The molecule has 1 aliphatic rings. The monoisotopic (exact) mass is 343 g/mol. The molecule has 25 heavy (non-hydrogen) atoms. The van der Waals surface area contributed by atoms with Crippen LogP contribution in [0.3, 0.4) is 0 Å². The number of amides is 2. The summed E-state index contributed by atoms with van der Waals surface area (Å²) in [5.74, 6) is 0. The number of hydrogen-bond donors (Lipinski definition) is 3. The van der Waals surface area contributed by atoms with E-state index in [1.807, 2.05) is 25.1 Å². The first-order chi connectivity index (χ1) is 12.1. The van der Waals surface area contributed by atoms with E-state index >= 15 is 0 Å². The van der Waals surface area contributed by atoms with Crippen LogP contribution in [-0.4, -0.2) is 38.0 Å². The average Bonchev–Trinajstić information content (AvgIpc) is 3.15. The van der Waals surface area contributed by atoms with Crippen molar-refractivity contribution in [3.8, 4) is 5.69 Å². The number of hydrogen-bond acceptors (Lipinski definition) is 4. The van der Waals surface area contributed by atoms with Gasteiger partial charge >= 0.3 is 6.03 Å². The summed E-state index contributed by atoms with van der Waals surface area (Å²) in [6.07, 6.45) is 8.72. The minimum atomic E-state index is -0.770. The van der Waals surface area contributed by atoms with E-state index < -0.39 is 5.60 Å². The zero-order valence-electron chi connectivity index (χ0n) is 14.5. The molecule has 1 saturated carbocycles. The Bertz CT molecular complexity index is 708. The second kappa shape index (κ2) is 7.65. The molecule has 0 bridgehead atoms. The lowest BCUT2D eigenvalue weighted by Gasteiger charge is -2.32. The van der Waals surface area contributed by atoms with Gasteiger partial charge in [-0.05, 0) is 37.0 Å². The Morgan fingerprint density at radius 2 is 1.96 bits per heavy atom. The normalized spacial score (nSPS) is 16.4. The van der Waals surface area contributed by atoms with Gasteiger partial charge in [0, 0.05) is 12.2 Å². The summed E-state index contributed by atoms with van der Waals surface area (Å²) in [5, 5.41) is 23.8. The molecule has 1 aromatic carbocycles. The van der Waals surface area contributed by atoms with Crippen LogP contribution in [0.5, 0.6) is 0 Å². The molecule has 2 aromatic rings. The first-order valence-corrected chi connectivity index (χ1v) is 8.85. The molecule has 0 radical (unpaired) electrons. The van der Waals surface area contributed by atoms with E-state index in [0.29, 0.717) is 0 Å². The van der Waals surface area contributed by atoms with Crippen LogP contribution in [0.25, 0.3) is 5.69 Å². The molecule has 7 nitrogen and oxygen atoms in total. The maximum Gasteiger partial charge on any atom is 0.319 e. The fourth-order valence-electron chi connectivity index (χ4n) is 3.28. The Balaban J connectivity index is 1.66. The molecule has 1 heterocycles. The molecule has 0 atom stereocenters. The third kappa shape index (κ3) is 4.36. The molecule has 0 aliphatic heterocycles. The van der Waals surface area contributed by atoms with Gasteiger partial charge in [0.15, 0.2) is 0 Å². The molecule has 3 rings (SSSR count). The van der Waals surface area contributed by atoms with E-state index in [2.05, 4.69) is 20.8 Å². The number of rotatable bonds is 5. The summed E-state index contributed by atoms with van der Waals surface area (Å²) in [5.41, 5.74) is 1.90. The van der Waals surface area contributed by atoms with Crippen molar-refractivity contribution < 1.29 is 9.90 Å². The molecular formula is C18H25N5O2. The predicted molar refractivity (Wildman–Crippen MR) is 95.8 cm³/mol. The minimum absolute atomic E-state index is 0.283. The molecule has 3 N–H and O–H groups in total. The molecule has 1 aliphatic carbocycles. The molecule has 1 fully saturated rings. The Morgan fingerprint density at radius 1 is 1.24 bits per heavy atom. The van der Waals surface area contributed by atoms with E-state index in [1.54, 1.807) is 17.2 Å². The van der Waals surface area contributed by atoms with Gasteiger partial charge in [0.05, 0.1) is 11.3 Å². The topological polar surface area (TPSA) is 92.1 Å². The highest BCUT2D eigenvalue weighted by Crippen LogP contribution is 2.27. The summed E-state index contributed by atoms with van der Waals surface area (Å²) in [6.45, 7) is 2.33. The number of nitrogens with zero attached hydrogens (tertiary/aromatic N) is 3. The molecule has 2 amide bonds. The number of nitrogens with one attached hydrogen (secondary N) is 2. The summed E-state index contributed by atoms with van der Waals surface area (Å²) in [6, 6.07) is 5.56. The molecule has 0 spiro atoms. The van der Waals surface area contributed by atoms with Crippen molar-refractivity contribution in [1.29, 1.82) is 0 Å². The highest BCUT2D eigenvalue weighted by atomic mass is 16.3. The third-order valence-corrected chi connectivity index (χ3v) is 4.80. The van der Waals surface area contributed by atoms with Gasteiger partial charge in [0.1, 0.15) is 12.7 Å². The first-order valence-electron chi connectivity index (χ1n) is 8.85. The van der Waals surface area contributed by atoms with Crippen LogP contribution < -0.4 is 10.6 Å². The van der Waals surface area contributed by atoms with Gasteiger partial charge in [-0.2, -0.15) is 0 Å². The predicted octanol–water partition coefficient (Wildman–Crippen LogP) is 2.65. The van der Waals surface area contributed by atoms with Gasteiger partial charge in [-0.1, -0.05) is 32.3 Å². The van der Waals surface area contributed by atoms with Crippen molar-refractivity contribution in [2.24, 2.45) is 0 Å². The number of urea groups is 1. The maximum atomic E-state index is 12.3. The Morgan fingerprint density at radius 3 is 2.64 bits per heavy atom. The van der Waals surface area contributed by atoms with Crippen LogP contribution in [0, 0.1) is 0 Å². The zero-order valence-corrected chi connectivity index (χ0v) is 14.5. The van der Waals surface area contributed by atoms with Gasteiger partial charge < -0.3 is 15.7 Å². The third-order valence-electron chi connectivity index (χ3n) is 4.80. The second-order valence-corrected chi connectivity index (χ2v) is 6.66. The second-order valence-electron chi connectivity index (χ2n) is 6.66. The maximum absolute atomic E-state index is 12.3. The summed E-state index contributed by atoms with van der Waals surface area (Å²) < 4.78 is 1.78. The van der Waals surface area contributed by atoms with Crippen molar-refractivity contribution in [2.75, 3.05) is 11.9 Å². The lowest BCUT2D eigenvalue weighted by molar-refractivity contribution is 0.00755. The SMILES string of the molecule is CCc1ccc(-n2cnnc2)cc1NC(=O)NCC1(O)CCCCC1. The van der Waals surface area contributed by atoms with E-state index in [-0.39, 0.29) is 12.6 Å². The molecule has 1 aromatic heterocycles. The fraction of sp³-hybridized carbons (Fsp3) is 0.500. The van der Waals surface area contributed by atoms with E-state index in [4.69, 9.17) is 0 Å². The average molecular weight is 343 g/mol. The van der Waals surface area contributed by atoms with E-state index in [1.165, 1.54) is 0 Å². The number of anilines is 1. The fourth-order valence-corrected chi connectivity index (χ4v) is 3.28. The zero-order chi connectivity index (χ0) is 17.7. The van der Waals surface area contributed by atoms with Crippen molar-refractivity contribution >= 4 is 11.7 Å². The van der Waals surface area contributed by atoms with Gasteiger partial charge in [0.25, 0.3) is 0 Å². The van der Waals surface area contributed by atoms with Crippen LogP contribution in [0.2, 0.25) is 0 Å². The number of aryl methyl sites for hydroxylation is 1. The van der Waals surface area contributed by atoms with Crippen LogP contribution >= 0.6 is 0 Å². The standard InChI is InChI=1S/C18H25N5O2/c1-2-14-6-7-15(23-12-20-21-13-23)10-16(14)22-17(24)19-11-18(25)8-4-3-5-9-18/h6-7,10,12-13,25H,2-5,8-9,11H2,1H3,(H2,19,22,24). The quantitative estimate of drug-likeness (QED) is 0.778. The van der Waals surface area contributed by atoms with Crippen molar-refractivity contribution in [3.05, 3.63) is 36.4 Å². The highest BCUT2D eigenvalue weighted by Gasteiger charge is 2.29. The summed E-state index contributed by atoms with van der Waals surface area (Å²) >= 11 is 0. The first kappa shape index (κ1) is 17.4. The number of carbonyl (C=O) groups is 1.